The SMILES string of the molecule is Cc1ccc(Cl)c2sc(N(Cc3ccccn3)C(=O)c3cc4c(ccc5ccccc54)oc3=O)nc12. The van der Waals surface area contributed by atoms with Crippen LogP contribution in [0.15, 0.2) is 88.2 Å². The molecule has 36 heavy (non-hydrogen) atoms. The zero-order chi connectivity index (χ0) is 24.8. The van der Waals surface area contributed by atoms with Crippen LogP contribution in [-0.4, -0.2) is 15.9 Å². The molecule has 0 atom stereocenters. The third-order valence-electron chi connectivity index (χ3n) is 6.08. The Morgan fingerprint density at radius 1 is 1.03 bits per heavy atom. The molecule has 0 N–H and O–H groups in total. The first-order valence-electron chi connectivity index (χ1n) is 11.2. The smallest absolute Gasteiger partial charge is 0.349 e. The van der Waals surface area contributed by atoms with Crippen molar-refractivity contribution in [2.24, 2.45) is 0 Å². The fraction of sp³-hybridized carbons (Fsp3) is 0.0714. The summed E-state index contributed by atoms with van der Waals surface area (Å²) in [6, 6.07) is 22.2. The van der Waals surface area contributed by atoms with Gasteiger partial charge in [-0.2, -0.15) is 0 Å². The molecule has 0 unspecified atom stereocenters. The van der Waals surface area contributed by atoms with Crippen molar-refractivity contribution in [3.05, 3.63) is 111 Å². The number of anilines is 1. The minimum absolute atomic E-state index is 0.0724. The van der Waals surface area contributed by atoms with Gasteiger partial charge in [-0.15, -0.1) is 0 Å². The fourth-order valence-corrected chi connectivity index (χ4v) is 5.57. The van der Waals surface area contributed by atoms with E-state index in [1.807, 2.05) is 61.5 Å². The topological polar surface area (TPSA) is 76.3 Å². The van der Waals surface area contributed by atoms with Crippen LogP contribution in [0.4, 0.5) is 5.13 Å². The first-order chi connectivity index (χ1) is 17.5. The fourth-order valence-electron chi connectivity index (χ4n) is 4.25. The highest BCUT2D eigenvalue weighted by atomic mass is 35.5. The van der Waals surface area contributed by atoms with Gasteiger partial charge in [-0.1, -0.05) is 65.4 Å². The standard InChI is InChI=1S/C28H18ClN3O3S/c1-16-9-11-22(29)25-24(16)31-28(36-25)32(15-18-7-4-5-13-30-18)26(33)21-14-20-19-8-3-2-6-17(19)10-12-23(20)35-27(21)34/h2-14H,15H2,1H3. The molecule has 0 radical (unpaired) electrons. The Morgan fingerprint density at radius 3 is 2.67 bits per heavy atom. The number of halogens is 1. The minimum Gasteiger partial charge on any atom is -0.422 e. The van der Waals surface area contributed by atoms with Crippen molar-refractivity contribution in [2.45, 2.75) is 13.5 Å². The molecule has 0 bridgehead atoms. The summed E-state index contributed by atoms with van der Waals surface area (Å²) in [4.78, 5) is 37.6. The molecular weight excluding hydrogens is 494 g/mol. The van der Waals surface area contributed by atoms with Crippen LogP contribution in [0.2, 0.25) is 5.02 Å². The Hall–Kier alpha value is -4.07. The number of nitrogens with zero attached hydrogens (tertiary/aromatic N) is 3. The number of carbonyl (C=O) groups excluding carboxylic acids is 1. The van der Waals surface area contributed by atoms with Crippen molar-refractivity contribution < 1.29 is 9.21 Å². The molecule has 3 aromatic carbocycles. The highest BCUT2D eigenvalue weighted by Gasteiger charge is 2.26. The molecule has 1 amide bonds. The van der Waals surface area contributed by atoms with Gasteiger partial charge >= 0.3 is 5.63 Å². The van der Waals surface area contributed by atoms with E-state index >= 15 is 0 Å². The van der Waals surface area contributed by atoms with E-state index in [1.165, 1.54) is 16.2 Å². The van der Waals surface area contributed by atoms with Crippen LogP contribution >= 0.6 is 22.9 Å². The predicted molar refractivity (Wildman–Crippen MR) is 144 cm³/mol. The number of benzene rings is 3. The summed E-state index contributed by atoms with van der Waals surface area (Å²) >= 11 is 7.74. The van der Waals surface area contributed by atoms with Crippen LogP contribution in [-0.2, 0) is 6.54 Å². The molecule has 6 nitrogen and oxygen atoms in total. The van der Waals surface area contributed by atoms with Crippen molar-refractivity contribution in [3.63, 3.8) is 0 Å². The van der Waals surface area contributed by atoms with Crippen LogP contribution in [0.25, 0.3) is 32.0 Å². The molecule has 3 aromatic heterocycles. The number of fused-ring (bicyclic) bond motifs is 4. The molecule has 0 aliphatic rings. The van der Waals surface area contributed by atoms with Crippen molar-refractivity contribution in [1.29, 1.82) is 0 Å². The second-order valence-corrected chi connectivity index (χ2v) is 9.78. The number of thiazole rings is 1. The molecule has 3 heterocycles. The molecule has 176 valence electrons. The Labute approximate surface area is 214 Å². The number of pyridine rings is 1. The van der Waals surface area contributed by atoms with E-state index in [0.717, 1.165) is 26.6 Å². The van der Waals surface area contributed by atoms with Crippen molar-refractivity contribution in [2.75, 3.05) is 4.90 Å². The summed E-state index contributed by atoms with van der Waals surface area (Å²) < 4.78 is 6.38. The molecule has 8 heteroatoms. The van der Waals surface area contributed by atoms with Crippen molar-refractivity contribution in [1.82, 2.24) is 9.97 Å². The highest BCUT2D eigenvalue weighted by molar-refractivity contribution is 7.23. The summed E-state index contributed by atoms with van der Waals surface area (Å²) in [5, 5.41) is 3.55. The van der Waals surface area contributed by atoms with Gasteiger partial charge in [0.2, 0.25) is 0 Å². The van der Waals surface area contributed by atoms with Gasteiger partial charge in [-0.05, 0) is 53.6 Å². The third-order valence-corrected chi connectivity index (χ3v) is 7.62. The summed E-state index contributed by atoms with van der Waals surface area (Å²) in [5.74, 6) is -0.517. The van der Waals surface area contributed by atoms with E-state index in [0.29, 0.717) is 26.8 Å². The maximum absolute atomic E-state index is 14.0. The number of aromatic nitrogens is 2. The number of aryl methyl sites for hydroxylation is 1. The van der Waals surface area contributed by atoms with Crippen molar-refractivity contribution in [3.8, 4) is 0 Å². The first kappa shape index (κ1) is 22.4. The van der Waals surface area contributed by atoms with E-state index < -0.39 is 11.5 Å². The second kappa shape index (κ2) is 8.86. The van der Waals surface area contributed by atoms with E-state index in [1.54, 1.807) is 24.4 Å². The lowest BCUT2D eigenvalue weighted by molar-refractivity contribution is 0.0981. The normalized spacial score (nSPS) is 11.4. The van der Waals surface area contributed by atoms with Gasteiger partial charge in [0.25, 0.3) is 5.91 Å². The van der Waals surface area contributed by atoms with Crippen LogP contribution in [0.1, 0.15) is 21.6 Å². The van der Waals surface area contributed by atoms with E-state index in [2.05, 4.69) is 4.98 Å². The largest absolute Gasteiger partial charge is 0.422 e. The zero-order valence-electron chi connectivity index (χ0n) is 19.1. The van der Waals surface area contributed by atoms with E-state index in [-0.39, 0.29) is 12.1 Å². The van der Waals surface area contributed by atoms with Crippen LogP contribution in [0.5, 0.6) is 0 Å². The molecular formula is C28H18ClN3O3S. The van der Waals surface area contributed by atoms with Gasteiger partial charge in [0.1, 0.15) is 11.1 Å². The molecule has 0 saturated heterocycles. The second-order valence-electron chi connectivity index (χ2n) is 8.40. The molecule has 0 aliphatic heterocycles. The quantitative estimate of drug-likeness (QED) is 0.193. The number of amides is 1. The summed E-state index contributed by atoms with van der Waals surface area (Å²) in [5.41, 5.74) is 1.97. The van der Waals surface area contributed by atoms with Gasteiger partial charge in [0.15, 0.2) is 5.13 Å². The molecule has 0 aliphatic carbocycles. The van der Waals surface area contributed by atoms with Gasteiger partial charge < -0.3 is 4.42 Å². The van der Waals surface area contributed by atoms with Gasteiger partial charge in [-0.3, -0.25) is 14.7 Å². The number of carbonyl (C=O) groups is 1. The van der Waals surface area contributed by atoms with Gasteiger partial charge in [-0.25, -0.2) is 9.78 Å². The summed E-state index contributed by atoms with van der Waals surface area (Å²) in [6.45, 7) is 2.07. The van der Waals surface area contributed by atoms with Crippen molar-refractivity contribution >= 4 is 65.9 Å². The van der Waals surface area contributed by atoms with E-state index in [9.17, 15) is 9.59 Å². The predicted octanol–water partition coefficient (Wildman–Crippen LogP) is 6.76. The Kier molecular flexibility index (Phi) is 5.51. The maximum Gasteiger partial charge on any atom is 0.349 e. The minimum atomic E-state index is -0.705. The first-order valence-corrected chi connectivity index (χ1v) is 12.4. The lowest BCUT2D eigenvalue weighted by Crippen LogP contribution is -2.34. The number of hydrogen-bond donors (Lipinski definition) is 0. The molecule has 6 aromatic rings. The van der Waals surface area contributed by atoms with Crippen LogP contribution in [0, 0.1) is 6.92 Å². The Balaban J connectivity index is 1.54. The average molecular weight is 512 g/mol. The molecule has 0 spiro atoms. The maximum atomic E-state index is 14.0. The van der Waals surface area contributed by atoms with Crippen LogP contribution < -0.4 is 10.5 Å². The lowest BCUT2D eigenvalue weighted by Gasteiger charge is -2.19. The van der Waals surface area contributed by atoms with Crippen LogP contribution in [0.3, 0.4) is 0 Å². The Morgan fingerprint density at radius 2 is 1.86 bits per heavy atom. The highest BCUT2D eigenvalue weighted by Crippen LogP contribution is 2.36. The Bertz CT molecular complexity index is 1810. The molecule has 6 rings (SSSR count). The monoisotopic (exact) mass is 511 g/mol. The van der Waals surface area contributed by atoms with E-state index in [4.69, 9.17) is 21.0 Å². The zero-order valence-corrected chi connectivity index (χ0v) is 20.6. The third kappa shape index (κ3) is 3.82. The van der Waals surface area contributed by atoms with Gasteiger partial charge in [0.05, 0.1) is 27.5 Å². The number of rotatable bonds is 4. The van der Waals surface area contributed by atoms with Gasteiger partial charge in [0, 0.05) is 11.6 Å². The lowest BCUT2D eigenvalue weighted by atomic mass is 10.0. The number of hydrogen-bond acceptors (Lipinski definition) is 6. The molecule has 0 fully saturated rings. The molecule has 0 saturated carbocycles. The summed E-state index contributed by atoms with van der Waals surface area (Å²) in [7, 11) is 0. The average Bonchev–Trinajstić information content (AvgIpc) is 3.36. The summed E-state index contributed by atoms with van der Waals surface area (Å²) in [6.07, 6.45) is 1.66.